The summed E-state index contributed by atoms with van der Waals surface area (Å²) in [6, 6.07) is 9.58. The maximum atomic E-state index is 13.9. The molecule has 0 atom stereocenters. The maximum Gasteiger partial charge on any atom is 0.408 e. The van der Waals surface area contributed by atoms with Crippen LogP contribution in [-0.4, -0.2) is 47.7 Å². The summed E-state index contributed by atoms with van der Waals surface area (Å²) in [5.74, 6) is -2.15. The number of hydrogen-bond acceptors (Lipinski definition) is 6. The minimum atomic E-state index is -0.907. The normalized spacial score (nSPS) is 20.2. The van der Waals surface area contributed by atoms with Crippen molar-refractivity contribution >= 4 is 33.9 Å². The number of ether oxygens (including phenoxy) is 1. The van der Waals surface area contributed by atoms with Crippen LogP contribution in [0.5, 0.6) is 0 Å². The van der Waals surface area contributed by atoms with Crippen molar-refractivity contribution in [1.29, 1.82) is 0 Å². The zero-order chi connectivity index (χ0) is 34.2. The Kier molecular flexibility index (Phi) is 7.33. The first-order valence-corrected chi connectivity index (χ1v) is 16.2. The number of carbonyl (C=O) groups is 2. The number of alkyl carbamates (subject to hydrolysis) is 1. The van der Waals surface area contributed by atoms with Gasteiger partial charge in [-0.25, -0.2) is 23.2 Å². The Morgan fingerprint density at radius 3 is 2.42 bits per heavy atom. The summed E-state index contributed by atoms with van der Waals surface area (Å²) < 4.78 is 36.5. The van der Waals surface area contributed by atoms with Gasteiger partial charge in [0.15, 0.2) is 17.3 Å². The molecular weight excluding hydrogens is 616 g/mol. The Morgan fingerprint density at radius 1 is 1.02 bits per heavy atom. The van der Waals surface area contributed by atoms with Crippen molar-refractivity contribution in [3.63, 3.8) is 0 Å². The van der Waals surface area contributed by atoms with Gasteiger partial charge in [0.1, 0.15) is 5.60 Å². The topological polar surface area (TPSA) is 130 Å². The van der Waals surface area contributed by atoms with E-state index < -0.39 is 29.2 Å². The highest BCUT2D eigenvalue weighted by atomic mass is 19.2. The predicted molar refractivity (Wildman–Crippen MR) is 177 cm³/mol. The number of fused-ring (bicyclic) bond motifs is 2. The molecule has 0 radical (unpaired) electrons. The van der Waals surface area contributed by atoms with E-state index in [1.54, 1.807) is 17.1 Å². The molecule has 3 aromatic heterocycles. The standard InChI is InChI=1S/C36H39F2N7O3/c1-20(2)10-27-30(31(39)46)29(22-7-9-28-23(12-22)13-40-44(28)15-21-6-8-25(37)26(38)11-21)24-14-41-45(32(24)42-27)19-35-16-36(17-35,18-35)43-33(47)48-34(3,4)5/h6-9,11-14,20H,10,15-19H2,1-5H3,(H2,39,46)(H,43,47). The number of carbonyl (C=O) groups excluding carboxylic acids is 2. The number of nitrogens with two attached hydrogens (primary N) is 1. The summed E-state index contributed by atoms with van der Waals surface area (Å²) in [4.78, 5) is 30.6. The molecule has 3 aliphatic carbocycles. The number of hydrogen-bond donors (Lipinski definition) is 2. The van der Waals surface area contributed by atoms with Crippen LogP contribution in [0.4, 0.5) is 13.6 Å². The summed E-state index contributed by atoms with van der Waals surface area (Å²) in [7, 11) is 0. The van der Waals surface area contributed by atoms with E-state index in [2.05, 4.69) is 24.3 Å². The van der Waals surface area contributed by atoms with Crippen LogP contribution in [0.15, 0.2) is 48.8 Å². The molecule has 5 aromatic rings. The Hall–Kier alpha value is -4.87. The van der Waals surface area contributed by atoms with E-state index in [0.29, 0.717) is 41.0 Å². The van der Waals surface area contributed by atoms with Gasteiger partial charge in [-0.15, -0.1) is 0 Å². The van der Waals surface area contributed by atoms with Gasteiger partial charge >= 0.3 is 6.09 Å². The van der Waals surface area contributed by atoms with Crippen LogP contribution in [0.3, 0.4) is 0 Å². The lowest BCUT2D eigenvalue weighted by molar-refractivity contribution is -0.162. The number of nitrogens with zero attached hydrogens (tertiary/aromatic N) is 5. The van der Waals surface area contributed by atoms with Crippen LogP contribution in [0.25, 0.3) is 33.1 Å². The molecule has 48 heavy (non-hydrogen) atoms. The zero-order valence-corrected chi connectivity index (χ0v) is 27.7. The average molecular weight is 656 g/mol. The molecule has 8 rings (SSSR count). The monoisotopic (exact) mass is 655 g/mol. The molecule has 0 spiro atoms. The lowest BCUT2D eigenvalue weighted by Gasteiger charge is -2.70. The van der Waals surface area contributed by atoms with E-state index in [1.165, 1.54) is 12.1 Å². The van der Waals surface area contributed by atoms with Gasteiger partial charge < -0.3 is 15.8 Å². The van der Waals surface area contributed by atoms with Crippen LogP contribution in [-0.2, 0) is 24.2 Å². The maximum absolute atomic E-state index is 13.9. The van der Waals surface area contributed by atoms with Gasteiger partial charge in [-0.05, 0) is 93.2 Å². The van der Waals surface area contributed by atoms with E-state index in [0.717, 1.165) is 47.2 Å². The van der Waals surface area contributed by atoms with E-state index in [4.69, 9.17) is 20.6 Å². The quantitative estimate of drug-likeness (QED) is 0.186. The first kappa shape index (κ1) is 31.7. The molecule has 3 saturated carbocycles. The third kappa shape index (κ3) is 5.67. The Labute approximate surface area is 276 Å². The molecule has 3 aliphatic rings. The van der Waals surface area contributed by atoms with Crippen LogP contribution in [0.2, 0.25) is 0 Å². The van der Waals surface area contributed by atoms with E-state index in [1.807, 2.05) is 43.7 Å². The number of amides is 2. The van der Waals surface area contributed by atoms with Gasteiger partial charge in [0.25, 0.3) is 5.91 Å². The first-order chi connectivity index (χ1) is 22.6. The van der Waals surface area contributed by atoms with Crippen molar-refractivity contribution in [1.82, 2.24) is 29.9 Å². The fraction of sp³-hybridized carbons (Fsp3) is 0.417. The fourth-order valence-corrected chi connectivity index (χ4v) is 7.67. The van der Waals surface area contributed by atoms with Gasteiger partial charge in [-0.1, -0.05) is 26.0 Å². The third-order valence-corrected chi connectivity index (χ3v) is 9.35. The highest BCUT2D eigenvalue weighted by molar-refractivity contribution is 6.09. The van der Waals surface area contributed by atoms with Crippen LogP contribution >= 0.6 is 0 Å². The van der Waals surface area contributed by atoms with E-state index in [9.17, 15) is 18.4 Å². The van der Waals surface area contributed by atoms with Gasteiger partial charge in [0.05, 0.1) is 35.7 Å². The molecule has 2 aromatic carbocycles. The Morgan fingerprint density at radius 2 is 1.75 bits per heavy atom. The fourth-order valence-electron chi connectivity index (χ4n) is 7.67. The van der Waals surface area contributed by atoms with Crippen LogP contribution in [0, 0.1) is 23.0 Å². The van der Waals surface area contributed by atoms with Crippen molar-refractivity contribution in [3.05, 3.63) is 77.2 Å². The number of pyridine rings is 1. The zero-order valence-electron chi connectivity index (χ0n) is 27.7. The SMILES string of the molecule is CC(C)Cc1nc2c(cnn2CC23CC(NC(=O)OC(C)(C)C)(C2)C3)c(-c2ccc3c(cnn3Cc3ccc(F)c(F)c3)c2)c1C(N)=O. The van der Waals surface area contributed by atoms with E-state index in [-0.39, 0.29) is 23.4 Å². The lowest BCUT2D eigenvalue weighted by atomic mass is 9.39. The minimum absolute atomic E-state index is 0.00267. The van der Waals surface area contributed by atoms with Crippen LogP contribution in [0.1, 0.15) is 75.5 Å². The summed E-state index contributed by atoms with van der Waals surface area (Å²) in [6.07, 6.45) is 6.11. The van der Waals surface area contributed by atoms with Gasteiger partial charge in [0.2, 0.25) is 0 Å². The van der Waals surface area contributed by atoms with Crippen molar-refractivity contribution in [2.45, 2.75) is 84.5 Å². The molecule has 0 unspecified atom stereocenters. The molecule has 12 heteroatoms. The second kappa shape index (κ2) is 11.1. The molecule has 0 saturated heterocycles. The molecule has 2 bridgehead atoms. The smallest absolute Gasteiger partial charge is 0.408 e. The highest BCUT2D eigenvalue weighted by Crippen LogP contribution is 2.68. The largest absolute Gasteiger partial charge is 0.444 e. The third-order valence-electron chi connectivity index (χ3n) is 9.35. The molecule has 0 aliphatic heterocycles. The number of rotatable bonds is 9. The van der Waals surface area contributed by atoms with E-state index >= 15 is 0 Å². The second-order valence-corrected chi connectivity index (χ2v) is 15.1. The summed E-state index contributed by atoms with van der Waals surface area (Å²) in [6.45, 7) is 10.6. The molecule has 2 amide bonds. The molecule has 3 N–H and O–H groups in total. The first-order valence-electron chi connectivity index (χ1n) is 16.2. The Balaban J connectivity index is 1.23. The van der Waals surface area contributed by atoms with Gasteiger partial charge in [-0.2, -0.15) is 10.2 Å². The number of halogens is 2. The molecular formula is C36H39F2N7O3. The number of benzene rings is 2. The molecule has 3 heterocycles. The number of aromatic nitrogens is 5. The van der Waals surface area contributed by atoms with Gasteiger partial charge in [0, 0.05) is 28.4 Å². The van der Waals surface area contributed by atoms with Crippen molar-refractivity contribution in [2.24, 2.45) is 17.1 Å². The second-order valence-electron chi connectivity index (χ2n) is 15.1. The van der Waals surface area contributed by atoms with Crippen LogP contribution < -0.4 is 11.1 Å². The molecule has 3 fully saturated rings. The summed E-state index contributed by atoms with van der Waals surface area (Å²) in [5, 5.41) is 13.9. The van der Waals surface area contributed by atoms with Crippen molar-refractivity contribution < 1.29 is 23.1 Å². The predicted octanol–water partition coefficient (Wildman–Crippen LogP) is 6.52. The Bertz CT molecular complexity index is 2090. The summed E-state index contributed by atoms with van der Waals surface area (Å²) >= 11 is 0. The van der Waals surface area contributed by atoms with Crippen molar-refractivity contribution in [3.8, 4) is 11.1 Å². The lowest BCUT2D eigenvalue weighted by Crippen LogP contribution is -2.75. The van der Waals surface area contributed by atoms with Gasteiger partial charge in [-0.3, -0.25) is 9.48 Å². The highest BCUT2D eigenvalue weighted by Gasteiger charge is 2.68. The number of primary amides is 1. The minimum Gasteiger partial charge on any atom is -0.444 e. The average Bonchev–Trinajstić information content (AvgIpc) is 3.54. The molecule has 10 nitrogen and oxygen atoms in total. The number of nitrogens with one attached hydrogen (secondary N) is 1. The molecule has 250 valence electrons. The van der Waals surface area contributed by atoms with Crippen molar-refractivity contribution in [2.75, 3.05) is 0 Å². The summed E-state index contributed by atoms with van der Waals surface area (Å²) in [5.41, 5.74) is 9.75.